The summed E-state index contributed by atoms with van der Waals surface area (Å²) < 4.78 is 38.0. The maximum absolute atomic E-state index is 12.7. The number of hydrogen-bond donors (Lipinski definition) is 2. The smallest absolute Gasteiger partial charge is 0.416 e. The summed E-state index contributed by atoms with van der Waals surface area (Å²) in [4.78, 5) is 23.7. The van der Waals surface area contributed by atoms with Gasteiger partial charge >= 0.3 is 12.1 Å². The zero-order valence-corrected chi connectivity index (χ0v) is 13.2. The van der Waals surface area contributed by atoms with Crippen LogP contribution in [0.25, 0.3) is 0 Å². The molecule has 1 heterocycles. The van der Waals surface area contributed by atoms with Crippen LogP contribution >= 0.6 is 11.3 Å². The van der Waals surface area contributed by atoms with Crippen LogP contribution in [0, 0.1) is 0 Å². The second kappa shape index (κ2) is 7.48. The summed E-state index contributed by atoms with van der Waals surface area (Å²) in [5.41, 5.74) is -0.615. The summed E-state index contributed by atoms with van der Waals surface area (Å²) in [6.45, 7) is 0. The van der Waals surface area contributed by atoms with Gasteiger partial charge in [-0.1, -0.05) is 24.3 Å². The molecule has 4 nitrogen and oxygen atoms in total. The number of carbonyl (C=O) groups is 2. The molecule has 2 N–H and O–H groups in total. The summed E-state index contributed by atoms with van der Waals surface area (Å²) in [5.74, 6) is -1.61. The summed E-state index contributed by atoms with van der Waals surface area (Å²) in [7, 11) is 0. The molecule has 1 atom stereocenters. The Kier molecular flexibility index (Phi) is 5.61. The van der Waals surface area contributed by atoms with Gasteiger partial charge in [0.1, 0.15) is 0 Å². The van der Waals surface area contributed by atoms with Gasteiger partial charge in [-0.15, -0.1) is 11.3 Å². The number of benzene rings is 1. The molecule has 0 aliphatic carbocycles. The molecule has 1 aromatic carbocycles. The van der Waals surface area contributed by atoms with Crippen LogP contribution in [0.2, 0.25) is 0 Å². The topological polar surface area (TPSA) is 66.4 Å². The maximum Gasteiger partial charge on any atom is 0.416 e. The Morgan fingerprint density at radius 2 is 1.96 bits per heavy atom. The van der Waals surface area contributed by atoms with Crippen molar-refractivity contribution in [2.24, 2.45) is 0 Å². The van der Waals surface area contributed by atoms with Crippen molar-refractivity contribution >= 4 is 23.2 Å². The number of thiophene rings is 1. The van der Waals surface area contributed by atoms with Crippen LogP contribution < -0.4 is 5.32 Å². The van der Waals surface area contributed by atoms with Gasteiger partial charge in [-0.3, -0.25) is 9.59 Å². The Balaban J connectivity index is 2.07. The average Bonchev–Trinajstić information content (AvgIpc) is 2.99. The molecule has 1 unspecified atom stereocenters. The number of nitrogens with one attached hydrogen (secondary N) is 1. The van der Waals surface area contributed by atoms with Crippen LogP contribution in [0.15, 0.2) is 41.8 Å². The van der Waals surface area contributed by atoms with Gasteiger partial charge in [-0.05, 0) is 23.1 Å². The quantitative estimate of drug-likeness (QED) is 0.829. The molecule has 0 fully saturated rings. The first-order valence-corrected chi connectivity index (χ1v) is 7.84. The van der Waals surface area contributed by atoms with E-state index in [1.54, 1.807) is 17.5 Å². The van der Waals surface area contributed by atoms with Crippen molar-refractivity contribution in [2.75, 3.05) is 0 Å². The van der Waals surface area contributed by atoms with Gasteiger partial charge in [0, 0.05) is 4.88 Å². The summed E-state index contributed by atoms with van der Waals surface area (Å²) in [6, 6.07) is 7.22. The van der Waals surface area contributed by atoms with Gasteiger partial charge < -0.3 is 10.4 Å². The normalized spacial score (nSPS) is 12.6. The van der Waals surface area contributed by atoms with E-state index < -0.39 is 29.7 Å². The van der Waals surface area contributed by atoms with E-state index >= 15 is 0 Å². The Morgan fingerprint density at radius 3 is 2.54 bits per heavy atom. The van der Waals surface area contributed by atoms with Gasteiger partial charge in [-0.25, -0.2) is 0 Å². The van der Waals surface area contributed by atoms with Crippen LogP contribution in [-0.2, 0) is 22.2 Å². The predicted octanol–water partition coefficient (Wildman–Crippen LogP) is 3.64. The number of hydrogen-bond acceptors (Lipinski definition) is 3. The van der Waals surface area contributed by atoms with Crippen molar-refractivity contribution in [2.45, 2.75) is 25.1 Å². The lowest BCUT2D eigenvalue weighted by molar-refractivity contribution is -0.138. The molecule has 0 saturated carbocycles. The molecule has 1 aromatic heterocycles. The van der Waals surface area contributed by atoms with Crippen molar-refractivity contribution in [3.63, 3.8) is 0 Å². The maximum atomic E-state index is 12.7. The van der Waals surface area contributed by atoms with Crippen LogP contribution in [0.5, 0.6) is 0 Å². The minimum absolute atomic E-state index is 0.211. The van der Waals surface area contributed by atoms with Crippen molar-refractivity contribution in [3.05, 3.63) is 57.8 Å². The van der Waals surface area contributed by atoms with E-state index in [-0.39, 0.29) is 18.4 Å². The third kappa shape index (κ3) is 5.09. The second-order valence-electron chi connectivity index (χ2n) is 5.11. The molecule has 0 spiro atoms. The van der Waals surface area contributed by atoms with Gasteiger partial charge in [0.2, 0.25) is 5.91 Å². The molecule has 8 heteroatoms. The van der Waals surface area contributed by atoms with Crippen molar-refractivity contribution in [3.8, 4) is 0 Å². The number of halogens is 3. The highest BCUT2D eigenvalue weighted by molar-refractivity contribution is 7.10. The van der Waals surface area contributed by atoms with Crippen LogP contribution in [0.4, 0.5) is 13.2 Å². The van der Waals surface area contributed by atoms with Gasteiger partial charge in [-0.2, -0.15) is 13.2 Å². The SMILES string of the molecule is O=C(O)CC(NC(=O)Cc1cccc(C(F)(F)F)c1)c1cccs1. The van der Waals surface area contributed by atoms with E-state index in [9.17, 15) is 22.8 Å². The number of aliphatic carboxylic acids is 1. The molecular formula is C16H14F3NO3S. The fraction of sp³-hybridized carbons (Fsp3) is 0.250. The Labute approximate surface area is 139 Å². The summed E-state index contributed by atoms with van der Waals surface area (Å²) in [5, 5.41) is 13.3. The first-order chi connectivity index (χ1) is 11.3. The van der Waals surface area contributed by atoms with E-state index in [4.69, 9.17) is 5.11 Å². The van der Waals surface area contributed by atoms with Gasteiger partial charge in [0.05, 0.1) is 24.4 Å². The van der Waals surface area contributed by atoms with Crippen molar-refractivity contribution in [1.29, 1.82) is 0 Å². The molecular weight excluding hydrogens is 343 g/mol. The van der Waals surface area contributed by atoms with Crippen LogP contribution in [0.3, 0.4) is 0 Å². The average molecular weight is 357 g/mol. The minimum atomic E-state index is -4.48. The van der Waals surface area contributed by atoms with Gasteiger partial charge in [0.25, 0.3) is 0 Å². The molecule has 0 radical (unpaired) electrons. The zero-order chi connectivity index (χ0) is 17.7. The lowest BCUT2D eigenvalue weighted by atomic mass is 10.1. The fourth-order valence-electron chi connectivity index (χ4n) is 2.18. The zero-order valence-electron chi connectivity index (χ0n) is 12.3. The van der Waals surface area contributed by atoms with Crippen molar-refractivity contribution in [1.82, 2.24) is 5.32 Å². The molecule has 0 aliphatic rings. The first kappa shape index (κ1) is 18.0. The monoisotopic (exact) mass is 357 g/mol. The molecule has 2 aromatic rings. The first-order valence-electron chi connectivity index (χ1n) is 6.96. The van der Waals surface area contributed by atoms with E-state index in [0.29, 0.717) is 4.88 Å². The fourth-order valence-corrected chi connectivity index (χ4v) is 2.95. The van der Waals surface area contributed by atoms with Gasteiger partial charge in [0.15, 0.2) is 0 Å². The van der Waals surface area contributed by atoms with Crippen molar-refractivity contribution < 1.29 is 27.9 Å². The third-order valence-electron chi connectivity index (χ3n) is 3.22. The Morgan fingerprint density at radius 1 is 1.21 bits per heavy atom. The number of carbonyl (C=O) groups excluding carboxylic acids is 1. The number of carboxylic acids is 1. The highest BCUT2D eigenvalue weighted by Crippen LogP contribution is 2.29. The largest absolute Gasteiger partial charge is 0.481 e. The third-order valence-corrected chi connectivity index (χ3v) is 4.21. The second-order valence-corrected chi connectivity index (χ2v) is 6.09. The molecule has 2 rings (SSSR count). The summed E-state index contributed by atoms with van der Waals surface area (Å²) >= 11 is 1.30. The molecule has 128 valence electrons. The molecule has 24 heavy (non-hydrogen) atoms. The summed E-state index contributed by atoms with van der Waals surface area (Å²) in [6.07, 6.45) is -5.03. The molecule has 0 aliphatic heterocycles. The van der Waals surface area contributed by atoms with E-state index in [1.807, 2.05) is 0 Å². The van der Waals surface area contributed by atoms with E-state index in [1.165, 1.54) is 23.5 Å². The number of alkyl halides is 3. The van der Waals surface area contributed by atoms with E-state index in [0.717, 1.165) is 12.1 Å². The lowest BCUT2D eigenvalue weighted by Gasteiger charge is -2.16. The minimum Gasteiger partial charge on any atom is -0.481 e. The highest BCUT2D eigenvalue weighted by Gasteiger charge is 2.30. The lowest BCUT2D eigenvalue weighted by Crippen LogP contribution is -2.31. The molecule has 0 saturated heterocycles. The van der Waals surface area contributed by atoms with Crippen LogP contribution in [-0.4, -0.2) is 17.0 Å². The van der Waals surface area contributed by atoms with Crippen LogP contribution in [0.1, 0.15) is 28.5 Å². The number of carboxylic acid groups (broad SMARTS) is 1. The predicted molar refractivity (Wildman–Crippen MR) is 82.6 cm³/mol. The standard InChI is InChI=1S/C16H14F3NO3S/c17-16(18,19)11-4-1-3-10(7-11)8-14(21)20-12(9-15(22)23)13-5-2-6-24-13/h1-7,12H,8-9H2,(H,20,21)(H,22,23). The molecule has 0 bridgehead atoms. The van der Waals surface area contributed by atoms with E-state index in [2.05, 4.69) is 5.32 Å². The number of rotatable bonds is 6. The number of amides is 1. The highest BCUT2D eigenvalue weighted by atomic mass is 32.1. The Bertz CT molecular complexity index is 714. The Hall–Kier alpha value is -2.35. The molecule has 1 amide bonds.